The number of rotatable bonds is 5. The topological polar surface area (TPSA) is 90.0 Å². The number of benzene rings is 1. The van der Waals surface area contributed by atoms with E-state index in [0.717, 1.165) is 17.7 Å². The second-order valence-corrected chi connectivity index (χ2v) is 6.10. The Morgan fingerprint density at radius 2 is 2.20 bits per heavy atom. The van der Waals surface area contributed by atoms with Gasteiger partial charge in [-0.2, -0.15) is 5.10 Å². The van der Waals surface area contributed by atoms with Gasteiger partial charge in [0, 0.05) is 18.4 Å². The first-order valence-corrected chi connectivity index (χ1v) is 7.40. The monoisotopic (exact) mass is 298 g/mol. The number of nitrogens with one attached hydrogen (secondary N) is 1. The Kier molecular flexibility index (Phi) is 4.05. The average Bonchev–Trinajstić information content (AvgIpc) is 2.78. The molecule has 0 aliphatic carbocycles. The molecule has 1 aromatic heterocycles. The lowest BCUT2D eigenvalue weighted by atomic mass is 10.3. The quantitative estimate of drug-likeness (QED) is 0.802. The zero-order valence-corrected chi connectivity index (χ0v) is 11.7. The second kappa shape index (κ2) is 5.59. The van der Waals surface area contributed by atoms with Crippen LogP contribution in [0.3, 0.4) is 0 Å². The first-order chi connectivity index (χ1) is 9.38. The smallest absolute Gasteiger partial charge is 0.243 e. The maximum absolute atomic E-state index is 13.5. The number of hydrogen-bond donors (Lipinski definition) is 2. The lowest BCUT2D eigenvalue weighted by molar-refractivity contribution is 0.545. The van der Waals surface area contributed by atoms with Gasteiger partial charge in [0.05, 0.1) is 12.7 Å². The van der Waals surface area contributed by atoms with Crippen LogP contribution in [0.1, 0.15) is 5.56 Å². The molecule has 0 bridgehead atoms. The van der Waals surface area contributed by atoms with Crippen molar-refractivity contribution < 1.29 is 12.8 Å². The number of halogens is 1. The molecule has 2 rings (SSSR count). The van der Waals surface area contributed by atoms with Gasteiger partial charge in [0.25, 0.3) is 0 Å². The summed E-state index contributed by atoms with van der Waals surface area (Å²) in [6, 6.07) is 3.43. The molecule has 6 nitrogen and oxygen atoms in total. The van der Waals surface area contributed by atoms with E-state index in [1.165, 1.54) is 6.07 Å². The van der Waals surface area contributed by atoms with E-state index >= 15 is 0 Å². The fourth-order valence-corrected chi connectivity index (χ4v) is 2.82. The van der Waals surface area contributed by atoms with Crippen LogP contribution in [0.15, 0.2) is 35.5 Å². The molecule has 3 N–H and O–H groups in total. The predicted octanol–water partition coefficient (Wildman–Crippen LogP) is 0.891. The molecule has 0 atom stereocenters. The molecule has 0 radical (unpaired) electrons. The van der Waals surface area contributed by atoms with Gasteiger partial charge < -0.3 is 5.73 Å². The van der Waals surface area contributed by atoms with Crippen LogP contribution in [0.4, 0.5) is 10.1 Å². The van der Waals surface area contributed by atoms with Crippen molar-refractivity contribution in [2.75, 3.05) is 12.3 Å². The Labute approximate surface area is 116 Å². The third-order valence-corrected chi connectivity index (χ3v) is 4.12. The summed E-state index contributed by atoms with van der Waals surface area (Å²) in [6.45, 7) is 2.35. The summed E-state index contributed by atoms with van der Waals surface area (Å²) >= 11 is 0. The van der Waals surface area contributed by atoms with E-state index < -0.39 is 20.7 Å². The minimum absolute atomic E-state index is 0.109. The number of nitrogen functional groups attached to an aromatic ring is 1. The van der Waals surface area contributed by atoms with Crippen molar-refractivity contribution in [2.24, 2.45) is 0 Å². The van der Waals surface area contributed by atoms with E-state index in [9.17, 15) is 12.8 Å². The standard InChI is InChI=1S/C12H15FN4O2S/c1-9-7-15-17(8-9)5-4-16-20(18,19)12-6-10(14)2-3-11(12)13/h2-3,6-8,16H,4-5,14H2,1H3. The van der Waals surface area contributed by atoms with Gasteiger partial charge in [0.1, 0.15) is 10.7 Å². The van der Waals surface area contributed by atoms with Crippen molar-refractivity contribution in [1.29, 1.82) is 0 Å². The van der Waals surface area contributed by atoms with Crippen LogP contribution < -0.4 is 10.5 Å². The molecular formula is C12H15FN4O2S. The van der Waals surface area contributed by atoms with Crippen LogP contribution >= 0.6 is 0 Å². The van der Waals surface area contributed by atoms with Crippen molar-refractivity contribution in [3.05, 3.63) is 42.0 Å². The first-order valence-electron chi connectivity index (χ1n) is 5.92. The number of nitrogens with two attached hydrogens (primary N) is 1. The molecule has 2 aromatic rings. The van der Waals surface area contributed by atoms with Gasteiger partial charge >= 0.3 is 0 Å². The van der Waals surface area contributed by atoms with Crippen molar-refractivity contribution in [2.45, 2.75) is 18.4 Å². The number of aryl methyl sites for hydroxylation is 1. The first kappa shape index (κ1) is 14.5. The fourth-order valence-electron chi connectivity index (χ4n) is 1.69. The normalized spacial score (nSPS) is 11.7. The third-order valence-electron chi connectivity index (χ3n) is 2.64. The van der Waals surface area contributed by atoms with Crippen LogP contribution in [0.25, 0.3) is 0 Å². The van der Waals surface area contributed by atoms with Gasteiger partial charge in [-0.25, -0.2) is 17.5 Å². The van der Waals surface area contributed by atoms with Crippen LogP contribution in [-0.4, -0.2) is 24.7 Å². The molecule has 8 heteroatoms. The Bertz CT molecular complexity index is 712. The summed E-state index contributed by atoms with van der Waals surface area (Å²) in [6.07, 6.45) is 3.46. The van der Waals surface area contributed by atoms with E-state index in [4.69, 9.17) is 5.73 Å². The van der Waals surface area contributed by atoms with Gasteiger partial charge in [-0.05, 0) is 30.7 Å². The summed E-state index contributed by atoms with van der Waals surface area (Å²) in [4.78, 5) is -0.450. The van der Waals surface area contributed by atoms with E-state index in [0.29, 0.717) is 6.54 Å². The van der Waals surface area contributed by atoms with Crippen molar-refractivity contribution in [1.82, 2.24) is 14.5 Å². The molecule has 0 aliphatic rings. The lowest BCUT2D eigenvalue weighted by Crippen LogP contribution is -2.28. The predicted molar refractivity (Wildman–Crippen MR) is 73.0 cm³/mol. The lowest BCUT2D eigenvalue weighted by Gasteiger charge is -2.08. The molecular weight excluding hydrogens is 283 g/mol. The third kappa shape index (κ3) is 3.34. The highest BCUT2D eigenvalue weighted by Gasteiger charge is 2.18. The minimum atomic E-state index is -3.92. The maximum atomic E-state index is 13.5. The average molecular weight is 298 g/mol. The number of anilines is 1. The maximum Gasteiger partial charge on any atom is 0.243 e. The van der Waals surface area contributed by atoms with Gasteiger partial charge in [0.15, 0.2) is 0 Å². The highest BCUT2D eigenvalue weighted by Crippen LogP contribution is 2.17. The van der Waals surface area contributed by atoms with Crippen LogP contribution in [-0.2, 0) is 16.6 Å². The molecule has 1 aromatic carbocycles. The molecule has 0 unspecified atom stereocenters. The summed E-state index contributed by atoms with van der Waals surface area (Å²) in [5.74, 6) is -0.832. The highest BCUT2D eigenvalue weighted by molar-refractivity contribution is 7.89. The molecule has 0 amide bonds. The number of hydrogen-bond acceptors (Lipinski definition) is 4. The molecule has 20 heavy (non-hydrogen) atoms. The molecule has 0 saturated carbocycles. The van der Waals surface area contributed by atoms with E-state index in [2.05, 4.69) is 9.82 Å². The van der Waals surface area contributed by atoms with Gasteiger partial charge in [-0.3, -0.25) is 4.68 Å². The largest absolute Gasteiger partial charge is 0.399 e. The summed E-state index contributed by atoms with van der Waals surface area (Å²) < 4.78 is 41.4. The van der Waals surface area contributed by atoms with Crippen molar-refractivity contribution >= 4 is 15.7 Å². The van der Waals surface area contributed by atoms with Crippen LogP contribution in [0.5, 0.6) is 0 Å². The molecule has 0 saturated heterocycles. The van der Waals surface area contributed by atoms with E-state index in [-0.39, 0.29) is 12.2 Å². The SMILES string of the molecule is Cc1cnn(CCNS(=O)(=O)c2cc(N)ccc2F)c1. The molecule has 0 fully saturated rings. The van der Waals surface area contributed by atoms with Crippen molar-refractivity contribution in [3.8, 4) is 0 Å². The van der Waals surface area contributed by atoms with Gasteiger partial charge in [-0.1, -0.05) is 0 Å². The molecule has 0 aliphatic heterocycles. The highest BCUT2D eigenvalue weighted by atomic mass is 32.2. The molecule has 0 spiro atoms. The Morgan fingerprint density at radius 3 is 2.85 bits per heavy atom. The fraction of sp³-hybridized carbons (Fsp3) is 0.250. The molecule has 1 heterocycles. The van der Waals surface area contributed by atoms with Crippen LogP contribution in [0.2, 0.25) is 0 Å². The second-order valence-electron chi connectivity index (χ2n) is 4.37. The van der Waals surface area contributed by atoms with E-state index in [1.807, 2.05) is 6.92 Å². The Balaban J connectivity index is 2.06. The molecule has 108 valence electrons. The minimum Gasteiger partial charge on any atom is -0.399 e. The van der Waals surface area contributed by atoms with Gasteiger partial charge in [0.2, 0.25) is 10.0 Å². The van der Waals surface area contributed by atoms with Crippen LogP contribution in [0, 0.1) is 12.7 Å². The van der Waals surface area contributed by atoms with Crippen molar-refractivity contribution in [3.63, 3.8) is 0 Å². The Hall–Kier alpha value is -1.93. The zero-order chi connectivity index (χ0) is 14.8. The number of nitrogens with zero attached hydrogens (tertiary/aromatic N) is 2. The summed E-state index contributed by atoms with van der Waals surface area (Å²) in [5, 5.41) is 4.03. The zero-order valence-electron chi connectivity index (χ0n) is 10.9. The van der Waals surface area contributed by atoms with Gasteiger partial charge in [-0.15, -0.1) is 0 Å². The Morgan fingerprint density at radius 1 is 1.45 bits per heavy atom. The number of sulfonamides is 1. The summed E-state index contributed by atoms with van der Waals surface area (Å²) in [7, 11) is -3.92. The summed E-state index contributed by atoms with van der Waals surface area (Å²) in [5.41, 5.74) is 6.64. The van der Waals surface area contributed by atoms with E-state index in [1.54, 1.807) is 17.1 Å². The number of aromatic nitrogens is 2.